The summed E-state index contributed by atoms with van der Waals surface area (Å²) in [7, 11) is 0. The molecule has 1 nitrogen and oxygen atoms in total. The van der Waals surface area contributed by atoms with Gasteiger partial charge < -0.3 is 0 Å². The van der Waals surface area contributed by atoms with Gasteiger partial charge in [0.25, 0.3) is 0 Å². The van der Waals surface area contributed by atoms with Crippen molar-refractivity contribution in [2.45, 2.75) is 39.3 Å². The van der Waals surface area contributed by atoms with Crippen LogP contribution in [-0.2, 0) is 6.18 Å². The molecule has 1 heterocycles. The smallest absolute Gasteiger partial charge is 0.299 e. The number of nitrogens with zero attached hydrogens (tertiary/aromatic N) is 1. The van der Waals surface area contributed by atoms with Crippen molar-refractivity contribution in [2.24, 2.45) is 5.92 Å². The van der Waals surface area contributed by atoms with E-state index in [9.17, 15) is 13.2 Å². The highest BCUT2D eigenvalue weighted by Crippen LogP contribution is 2.37. The van der Waals surface area contributed by atoms with Gasteiger partial charge in [0.2, 0.25) is 0 Å². The molecule has 4 heteroatoms. The molecule has 1 aliphatic carbocycles. The molecule has 0 bridgehead atoms. The fourth-order valence-corrected chi connectivity index (χ4v) is 3.27. The zero-order valence-electron chi connectivity index (χ0n) is 13.1. The van der Waals surface area contributed by atoms with E-state index in [1.807, 2.05) is 6.07 Å². The second-order valence-corrected chi connectivity index (χ2v) is 6.67. The van der Waals surface area contributed by atoms with E-state index in [2.05, 4.69) is 11.0 Å². The van der Waals surface area contributed by atoms with Crippen LogP contribution in [0, 0.1) is 19.8 Å². The predicted octanol–water partition coefficient (Wildman–Crippen LogP) is 4.82. The first-order valence-electron chi connectivity index (χ1n) is 7.95. The Morgan fingerprint density at radius 3 is 2.45 bits per heavy atom. The molecule has 3 rings (SSSR count). The molecule has 120 valence electrons. The molecular weight excluding hydrogens is 287 g/mol. The van der Waals surface area contributed by atoms with Crippen LogP contribution < -0.4 is 0 Å². The Balaban J connectivity index is 1.85. The van der Waals surface area contributed by atoms with E-state index in [0.717, 1.165) is 43.1 Å². The van der Waals surface area contributed by atoms with Gasteiger partial charge in [-0.25, -0.2) is 0 Å². The van der Waals surface area contributed by atoms with Gasteiger partial charge in [-0.15, -0.1) is 0 Å². The van der Waals surface area contributed by atoms with E-state index >= 15 is 0 Å². The third-order valence-corrected chi connectivity index (χ3v) is 4.71. The number of aryl methyl sites for hydroxylation is 1. The number of hydrogen-bond donors (Lipinski definition) is 0. The van der Waals surface area contributed by atoms with Crippen LogP contribution in [0.25, 0.3) is 5.57 Å². The highest BCUT2D eigenvalue weighted by Gasteiger charge is 2.34. The summed E-state index contributed by atoms with van der Waals surface area (Å²) in [4.78, 5) is 2.41. The van der Waals surface area contributed by atoms with Crippen molar-refractivity contribution in [3.8, 4) is 0 Å². The Morgan fingerprint density at radius 1 is 1.18 bits per heavy atom. The number of benzene rings is 1. The normalized spacial score (nSPS) is 20.1. The summed E-state index contributed by atoms with van der Waals surface area (Å²) in [5, 5.41) is 0. The van der Waals surface area contributed by atoms with Crippen LogP contribution in [0.2, 0.25) is 0 Å². The van der Waals surface area contributed by atoms with Crippen molar-refractivity contribution < 1.29 is 13.2 Å². The maximum absolute atomic E-state index is 13.2. The maximum atomic E-state index is 13.2. The maximum Gasteiger partial charge on any atom is 0.416 e. The highest BCUT2D eigenvalue weighted by atomic mass is 19.4. The molecule has 0 amide bonds. The van der Waals surface area contributed by atoms with Crippen LogP contribution in [0.15, 0.2) is 18.2 Å². The average Bonchev–Trinajstić information content (AvgIpc) is 3.25. The van der Waals surface area contributed by atoms with Gasteiger partial charge in [0.05, 0.1) is 5.56 Å². The van der Waals surface area contributed by atoms with Crippen molar-refractivity contribution in [3.63, 3.8) is 0 Å². The second kappa shape index (κ2) is 5.73. The zero-order valence-corrected chi connectivity index (χ0v) is 13.1. The Bertz CT molecular complexity index is 597. The molecule has 1 aliphatic heterocycles. The first-order valence-corrected chi connectivity index (χ1v) is 7.95. The first-order chi connectivity index (χ1) is 10.3. The minimum absolute atomic E-state index is 0.361. The molecule has 0 aromatic heterocycles. The van der Waals surface area contributed by atoms with Gasteiger partial charge in [-0.05, 0) is 67.4 Å². The van der Waals surface area contributed by atoms with E-state index in [0.29, 0.717) is 11.1 Å². The van der Waals surface area contributed by atoms with Crippen LogP contribution in [0.5, 0.6) is 0 Å². The summed E-state index contributed by atoms with van der Waals surface area (Å²) in [5.74, 6) is 0.854. The quantitative estimate of drug-likeness (QED) is 0.773. The van der Waals surface area contributed by atoms with Crippen LogP contribution in [-0.4, -0.2) is 24.5 Å². The van der Waals surface area contributed by atoms with E-state index < -0.39 is 11.7 Å². The third kappa shape index (κ3) is 3.37. The topological polar surface area (TPSA) is 3.24 Å². The van der Waals surface area contributed by atoms with Gasteiger partial charge >= 0.3 is 6.18 Å². The molecule has 0 saturated heterocycles. The van der Waals surface area contributed by atoms with Crippen LogP contribution >= 0.6 is 0 Å². The standard InChI is InChI=1S/C18H22F3N/c1-12-9-16(13(2)17(10-12)18(19,20)21)15-5-7-22(8-6-15)11-14-3-4-14/h5,9-10,14H,3-4,6-8,11H2,1-2H3. The van der Waals surface area contributed by atoms with Gasteiger partial charge in [-0.3, -0.25) is 4.90 Å². The summed E-state index contributed by atoms with van der Waals surface area (Å²) >= 11 is 0. The third-order valence-electron chi connectivity index (χ3n) is 4.71. The van der Waals surface area contributed by atoms with E-state index in [4.69, 9.17) is 0 Å². The molecule has 0 spiro atoms. The number of alkyl halides is 3. The van der Waals surface area contributed by atoms with Crippen molar-refractivity contribution in [1.29, 1.82) is 0 Å². The Labute approximate surface area is 129 Å². The molecular formula is C18H22F3N. The largest absolute Gasteiger partial charge is 0.416 e. The lowest BCUT2D eigenvalue weighted by Crippen LogP contribution is -2.30. The van der Waals surface area contributed by atoms with E-state index in [1.54, 1.807) is 13.8 Å². The lowest BCUT2D eigenvalue weighted by molar-refractivity contribution is -0.138. The first kappa shape index (κ1) is 15.6. The van der Waals surface area contributed by atoms with E-state index in [1.165, 1.54) is 18.9 Å². The zero-order chi connectivity index (χ0) is 15.9. The molecule has 0 N–H and O–H groups in total. The second-order valence-electron chi connectivity index (χ2n) is 6.67. The minimum atomic E-state index is -4.28. The molecule has 0 unspecified atom stereocenters. The van der Waals surface area contributed by atoms with Gasteiger partial charge in [-0.2, -0.15) is 13.2 Å². The molecule has 22 heavy (non-hydrogen) atoms. The summed E-state index contributed by atoms with van der Waals surface area (Å²) in [6.07, 6.45) is 1.35. The predicted molar refractivity (Wildman–Crippen MR) is 82.7 cm³/mol. The summed E-state index contributed by atoms with van der Waals surface area (Å²) in [6.45, 7) is 6.29. The Kier molecular flexibility index (Phi) is 4.06. The van der Waals surface area contributed by atoms with Crippen LogP contribution in [0.4, 0.5) is 13.2 Å². The fourth-order valence-electron chi connectivity index (χ4n) is 3.27. The van der Waals surface area contributed by atoms with Crippen molar-refractivity contribution >= 4 is 5.57 Å². The molecule has 1 aromatic carbocycles. The number of halogens is 3. The van der Waals surface area contributed by atoms with Gasteiger partial charge in [-0.1, -0.05) is 12.1 Å². The molecule has 1 saturated carbocycles. The molecule has 1 aromatic rings. The fraction of sp³-hybridized carbons (Fsp3) is 0.556. The molecule has 1 fully saturated rings. The van der Waals surface area contributed by atoms with Crippen LogP contribution in [0.1, 0.15) is 41.5 Å². The van der Waals surface area contributed by atoms with Crippen molar-refractivity contribution in [2.75, 3.05) is 19.6 Å². The minimum Gasteiger partial charge on any atom is -0.299 e. The molecule has 0 atom stereocenters. The SMILES string of the molecule is Cc1cc(C2=CCN(CC3CC3)CC2)c(C)c(C(F)(F)F)c1. The lowest BCUT2D eigenvalue weighted by Gasteiger charge is -2.27. The number of hydrogen-bond acceptors (Lipinski definition) is 1. The Hall–Kier alpha value is -1.29. The summed E-state index contributed by atoms with van der Waals surface area (Å²) in [5.41, 5.74) is 2.38. The van der Waals surface area contributed by atoms with Crippen molar-refractivity contribution in [1.82, 2.24) is 4.90 Å². The number of rotatable bonds is 3. The summed E-state index contributed by atoms with van der Waals surface area (Å²) < 4.78 is 39.5. The highest BCUT2D eigenvalue weighted by molar-refractivity contribution is 5.71. The van der Waals surface area contributed by atoms with Gasteiger partial charge in [0.15, 0.2) is 0 Å². The van der Waals surface area contributed by atoms with Gasteiger partial charge in [0.1, 0.15) is 0 Å². The monoisotopic (exact) mass is 309 g/mol. The Morgan fingerprint density at radius 2 is 1.91 bits per heavy atom. The lowest BCUT2D eigenvalue weighted by atomic mass is 9.90. The molecule has 0 radical (unpaired) electrons. The summed E-state index contributed by atoms with van der Waals surface area (Å²) in [6, 6.07) is 3.15. The van der Waals surface area contributed by atoms with Crippen molar-refractivity contribution in [3.05, 3.63) is 40.5 Å². The van der Waals surface area contributed by atoms with Gasteiger partial charge in [0, 0.05) is 19.6 Å². The average molecular weight is 309 g/mol. The molecule has 2 aliphatic rings. The van der Waals surface area contributed by atoms with E-state index in [-0.39, 0.29) is 0 Å². The van der Waals surface area contributed by atoms with Crippen LogP contribution in [0.3, 0.4) is 0 Å².